The molecule has 8 nitrogen and oxygen atoms in total. The fraction of sp³-hybridized carbons (Fsp3) is 0.120. The Morgan fingerprint density at radius 1 is 0.697 bits per heavy atom. The molecule has 0 spiro atoms. The zero-order chi connectivity index (χ0) is 23.4. The summed E-state index contributed by atoms with van der Waals surface area (Å²) in [5, 5.41) is 0. The van der Waals surface area contributed by atoms with Crippen molar-refractivity contribution in [3.05, 3.63) is 96.1 Å². The molecule has 0 N–H and O–H groups in total. The van der Waals surface area contributed by atoms with Crippen molar-refractivity contribution in [2.75, 3.05) is 12.0 Å². The molecular weight excluding hydrogens is 426 g/mol. The first-order valence-corrected chi connectivity index (χ1v) is 10.0. The highest BCUT2D eigenvalue weighted by Gasteiger charge is 2.53. The largest absolute Gasteiger partial charge is 0.497 e. The molecule has 3 aromatic rings. The first kappa shape index (κ1) is 21.8. The highest BCUT2D eigenvalue weighted by molar-refractivity contribution is 6.25. The van der Waals surface area contributed by atoms with Crippen molar-refractivity contribution in [2.45, 2.75) is 12.2 Å². The van der Waals surface area contributed by atoms with Gasteiger partial charge in [0.05, 0.1) is 23.9 Å². The number of amides is 2. The summed E-state index contributed by atoms with van der Waals surface area (Å²) in [5.41, 5.74) is 0.569. The summed E-state index contributed by atoms with van der Waals surface area (Å²) in [4.78, 5) is 52.5. The first-order chi connectivity index (χ1) is 16.0. The van der Waals surface area contributed by atoms with Gasteiger partial charge in [-0.05, 0) is 36.4 Å². The van der Waals surface area contributed by atoms with Gasteiger partial charge in [-0.3, -0.25) is 9.59 Å². The average Bonchev–Trinajstić information content (AvgIpc) is 3.08. The second-order valence-corrected chi connectivity index (χ2v) is 7.10. The minimum absolute atomic E-state index is 0.186. The Hall–Kier alpha value is -4.46. The third-order valence-corrected chi connectivity index (χ3v) is 5.00. The van der Waals surface area contributed by atoms with Crippen LogP contribution in [0.4, 0.5) is 5.69 Å². The van der Waals surface area contributed by atoms with Gasteiger partial charge in [0.25, 0.3) is 11.8 Å². The van der Waals surface area contributed by atoms with Gasteiger partial charge in [0.1, 0.15) is 5.75 Å². The normalized spacial score (nSPS) is 17.5. The van der Waals surface area contributed by atoms with Crippen LogP contribution in [0.2, 0.25) is 0 Å². The van der Waals surface area contributed by atoms with Crippen LogP contribution in [0.5, 0.6) is 5.75 Å². The Labute approximate surface area is 189 Å². The molecule has 1 heterocycles. The number of anilines is 1. The maximum absolute atomic E-state index is 13.2. The van der Waals surface area contributed by atoms with Crippen LogP contribution in [0.1, 0.15) is 20.7 Å². The van der Waals surface area contributed by atoms with E-state index in [1.165, 1.54) is 43.5 Å². The number of benzene rings is 3. The molecule has 0 aliphatic carbocycles. The van der Waals surface area contributed by atoms with Crippen molar-refractivity contribution in [1.82, 2.24) is 0 Å². The van der Waals surface area contributed by atoms with Crippen LogP contribution >= 0.6 is 0 Å². The third kappa shape index (κ3) is 4.45. The molecule has 3 aromatic carbocycles. The van der Waals surface area contributed by atoms with E-state index < -0.39 is 36.0 Å². The van der Waals surface area contributed by atoms with Crippen LogP contribution in [0.25, 0.3) is 0 Å². The molecule has 1 fully saturated rings. The molecular formula is C25H19NO7. The van der Waals surface area contributed by atoms with Crippen LogP contribution in [0.15, 0.2) is 84.9 Å². The summed E-state index contributed by atoms with van der Waals surface area (Å²) in [6, 6.07) is 22.3. The van der Waals surface area contributed by atoms with Gasteiger partial charge in [-0.1, -0.05) is 42.5 Å². The highest BCUT2D eigenvalue weighted by atomic mass is 16.6. The van der Waals surface area contributed by atoms with Crippen molar-refractivity contribution in [3.8, 4) is 5.75 Å². The molecule has 0 unspecified atom stereocenters. The summed E-state index contributed by atoms with van der Waals surface area (Å²) >= 11 is 0. The zero-order valence-corrected chi connectivity index (χ0v) is 17.5. The average molecular weight is 445 g/mol. The molecule has 0 bridgehead atoms. The van der Waals surface area contributed by atoms with Gasteiger partial charge in [0.15, 0.2) is 0 Å². The molecule has 0 radical (unpaired) electrons. The SMILES string of the molecule is COc1cccc(N2C(=O)[C@@H](OC(=O)c3ccccc3)[C@@H](OC(=O)c3ccccc3)C2=O)c1. The van der Waals surface area contributed by atoms with Crippen LogP contribution in [0, 0.1) is 0 Å². The number of nitrogens with zero attached hydrogens (tertiary/aromatic N) is 1. The van der Waals surface area contributed by atoms with Crippen molar-refractivity contribution in [1.29, 1.82) is 0 Å². The smallest absolute Gasteiger partial charge is 0.339 e. The number of carbonyl (C=O) groups is 4. The quantitative estimate of drug-likeness (QED) is 0.425. The summed E-state index contributed by atoms with van der Waals surface area (Å²) in [7, 11) is 1.45. The maximum atomic E-state index is 13.2. The molecule has 8 heteroatoms. The van der Waals surface area contributed by atoms with Gasteiger partial charge in [-0.2, -0.15) is 0 Å². The molecule has 1 aliphatic rings. The van der Waals surface area contributed by atoms with E-state index in [0.29, 0.717) is 5.75 Å². The van der Waals surface area contributed by atoms with E-state index in [2.05, 4.69) is 0 Å². The molecule has 33 heavy (non-hydrogen) atoms. The van der Waals surface area contributed by atoms with E-state index >= 15 is 0 Å². The monoisotopic (exact) mass is 445 g/mol. The lowest BCUT2D eigenvalue weighted by molar-refractivity contribution is -0.130. The van der Waals surface area contributed by atoms with E-state index in [9.17, 15) is 19.2 Å². The number of hydrogen-bond donors (Lipinski definition) is 0. The predicted molar refractivity (Wildman–Crippen MR) is 117 cm³/mol. The minimum atomic E-state index is -1.65. The highest BCUT2D eigenvalue weighted by Crippen LogP contribution is 2.30. The third-order valence-electron chi connectivity index (χ3n) is 5.00. The Balaban J connectivity index is 1.66. The number of rotatable bonds is 6. The predicted octanol–water partition coefficient (Wildman–Crippen LogP) is 3.02. The second kappa shape index (κ2) is 9.35. The van der Waals surface area contributed by atoms with Crippen molar-refractivity contribution in [3.63, 3.8) is 0 Å². The van der Waals surface area contributed by atoms with Gasteiger partial charge in [-0.15, -0.1) is 0 Å². The standard InChI is InChI=1S/C25H19NO7/c1-31-19-14-8-13-18(15-19)26-22(27)20(32-24(29)16-9-4-2-5-10-16)21(23(26)28)33-25(30)17-11-6-3-7-12-17/h2-15,20-21H,1H3/t20-,21+. The molecule has 0 aromatic heterocycles. The Bertz CT molecular complexity index is 1120. The maximum Gasteiger partial charge on any atom is 0.339 e. The lowest BCUT2D eigenvalue weighted by Gasteiger charge is -2.16. The molecule has 2 atom stereocenters. The minimum Gasteiger partial charge on any atom is -0.497 e. The number of esters is 2. The topological polar surface area (TPSA) is 99.2 Å². The van der Waals surface area contributed by atoms with E-state index in [1.54, 1.807) is 48.5 Å². The number of ether oxygens (including phenoxy) is 3. The van der Waals surface area contributed by atoms with Gasteiger partial charge < -0.3 is 14.2 Å². The summed E-state index contributed by atoms with van der Waals surface area (Å²) < 4.78 is 15.9. The number of imide groups is 1. The molecule has 1 aliphatic heterocycles. The van der Waals surface area contributed by atoms with Crippen molar-refractivity contribution < 1.29 is 33.4 Å². The molecule has 1 saturated heterocycles. The van der Waals surface area contributed by atoms with Crippen LogP contribution in [-0.2, 0) is 19.1 Å². The first-order valence-electron chi connectivity index (χ1n) is 10.0. The van der Waals surface area contributed by atoms with Gasteiger partial charge in [0.2, 0.25) is 12.2 Å². The number of methoxy groups -OCH3 is 1. The zero-order valence-electron chi connectivity index (χ0n) is 17.5. The molecule has 4 rings (SSSR count). The van der Waals surface area contributed by atoms with Gasteiger partial charge >= 0.3 is 11.9 Å². The molecule has 0 saturated carbocycles. The van der Waals surface area contributed by atoms with E-state index in [1.807, 2.05) is 0 Å². The Morgan fingerprint density at radius 3 is 1.64 bits per heavy atom. The fourth-order valence-electron chi connectivity index (χ4n) is 3.37. The fourth-order valence-corrected chi connectivity index (χ4v) is 3.37. The van der Waals surface area contributed by atoms with Crippen LogP contribution in [-0.4, -0.2) is 43.1 Å². The summed E-state index contributed by atoms with van der Waals surface area (Å²) in [6.45, 7) is 0. The summed E-state index contributed by atoms with van der Waals surface area (Å²) in [6.07, 6.45) is -3.30. The second-order valence-electron chi connectivity index (χ2n) is 7.10. The van der Waals surface area contributed by atoms with Crippen molar-refractivity contribution in [2.24, 2.45) is 0 Å². The lowest BCUT2D eigenvalue weighted by atomic mass is 10.2. The Kier molecular flexibility index (Phi) is 6.17. The molecule has 166 valence electrons. The van der Waals surface area contributed by atoms with E-state index in [4.69, 9.17) is 14.2 Å². The van der Waals surface area contributed by atoms with E-state index in [-0.39, 0.29) is 16.8 Å². The van der Waals surface area contributed by atoms with E-state index in [0.717, 1.165) is 4.90 Å². The lowest BCUT2D eigenvalue weighted by Crippen LogP contribution is -2.37. The Morgan fingerprint density at radius 2 is 1.18 bits per heavy atom. The number of hydrogen-bond acceptors (Lipinski definition) is 7. The summed E-state index contributed by atoms with van der Waals surface area (Å²) in [5.74, 6) is -2.90. The van der Waals surface area contributed by atoms with Crippen LogP contribution < -0.4 is 9.64 Å². The van der Waals surface area contributed by atoms with Crippen LogP contribution in [0.3, 0.4) is 0 Å². The molecule has 2 amide bonds. The van der Waals surface area contributed by atoms with Gasteiger partial charge in [-0.25, -0.2) is 14.5 Å². The van der Waals surface area contributed by atoms with Crippen molar-refractivity contribution >= 4 is 29.4 Å². The number of carbonyl (C=O) groups excluding carboxylic acids is 4. The van der Waals surface area contributed by atoms with Gasteiger partial charge in [0, 0.05) is 6.07 Å².